The first-order valence-electron chi connectivity index (χ1n) is 6.21. The summed E-state index contributed by atoms with van der Waals surface area (Å²) in [6.07, 6.45) is 4.27. The second-order valence-corrected chi connectivity index (χ2v) is 4.50. The van der Waals surface area contributed by atoms with Gasteiger partial charge in [0.2, 0.25) is 0 Å². The van der Waals surface area contributed by atoms with E-state index in [1.54, 1.807) is 18.5 Å². The Kier molecular flexibility index (Phi) is 4.30. The highest BCUT2D eigenvalue weighted by Crippen LogP contribution is 2.18. The first-order chi connectivity index (χ1) is 9.58. The minimum absolute atomic E-state index is 0.309. The molecule has 1 aromatic heterocycles. The molecule has 0 radical (unpaired) electrons. The summed E-state index contributed by atoms with van der Waals surface area (Å²) in [7, 11) is 1.84. The zero-order valence-electron chi connectivity index (χ0n) is 11.1. The van der Waals surface area contributed by atoms with Gasteiger partial charge in [0.05, 0.1) is 5.56 Å². The fourth-order valence-corrected chi connectivity index (χ4v) is 1.89. The zero-order chi connectivity index (χ0) is 14.5. The quantitative estimate of drug-likeness (QED) is 0.910. The SMILES string of the molecule is CN(CCc1ccncc1)c1ccc(C(=O)O)c(F)c1. The fraction of sp³-hybridized carbons (Fsp3) is 0.200. The van der Waals surface area contributed by atoms with Crippen LogP contribution >= 0.6 is 0 Å². The van der Waals surface area contributed by atoms with E-state index in [9.17, 15) is 9.18 Å². The average molecular weight is 274 g/mol. The van der Waals surface area contributed by atoms with Crippen molar-refractivity contribution in [2.45, 2.75) is 6.42 Å². The van der Waals surface area contributed by atoms with Crippen LogP contribution in [0.15, 0.2) is 42.7 Å². The number of likely N-dealkylation sites (N-methyl/N-ethyl adjacent to an activating group) is 1. The van der Waals surface area contributed by atoms with Crippen molar-refractivity contribution in [3.05, 3.63) is 59.7 Å². The molecule has 1 N–H and O–H groups in total. The molecule has 0 aliphatic heterocycles. The monoisotopic (exact) mass is 274 g/mol. The van der Waals surface area contributed by atoms with Crippen molar-refractivity contribution in [2.75, 3.05) is 18.5 Å². The predicted octanol–water partition coefficient (Wildman–Crippen LogP) is 2.60. The number of aromatic nitrogens is 1. The fourth-order valence-electron chi connectivity index (χ4n) is 1.89. The van der Waals surface area contributed by atoms with Crippen LogP contribution in [-0.4, -0.2) is 29.7 Å². The molecular formula is C15H15FN2O2. The number of carboxylic acids is 1. The standard InChI is InChI=1S/C15H15FN2O2/c1-18(9-6-11-4-7-17-8-5-11)12-2-3-13(15(19)20)14(16)10-12/h2-5,7-8,10H,6,9H2,1H3,(H,19,20). The van der Waals surface area contributed by atoms with Gasteiger partial charge in [0, 0.05) is 31.7 Å². The Bertz CT molecular complexity index is 602. The molecule has 0 unspecified atom stereocenters. The molecule has 0 spiro atoms. The van der Waals surface area contributed by atoms with Crippen LogP contribution in [0.25, 0.3) is 0 Å². The summed E-state index contributed by atoms with van der Waals surface area (Å²) in [5.41, 5.74) is 1.49. The van der Waals surface area contributed by atoms with Gasteiger partial charge < -0.3 is 10.0 Å². The Balaban J connectivity index is 2.04. The minimum atomic E-state index is -1.26. The minimum Gasteiger partial charge on any atom is -0.478 e. The van der Waals surface area contributed by atoms with E-state index in [1.807, 2.05) is 24.1 Å². The first kappa shape index (κ1) is 14.0. The first-order valence-corrected chi connectivity index (χ1v) is 6.21. The molecule has 0 aliphatic carbocycles. The van der Waals surface area contributed by atoms with E-state index >= 15 is 0 Å². The molecular weight excluding hydrogens is 259 g/mol. The van der Waals surface area contributed by atoms with E-state index in [2.05, 4.69) is 4.98 Å². The maximum absolute atomic E-state index is 13.6. The zero-order valence-corrected chi connectivity index (χ0v) is 11.1. The summed E-state index contributed by atoms with van der Waals surface area (Å²) in [6, 6.07) is 8.01. The molecule has 0 aliphatic rings. The van der Waals surface area contributed by atoms with E-state index in [-0.39, 0.29) is 5.56 Å². The molecule has 2 rings (SSSR count). The molecule has 2 aromatic rings. The maximum atomic E-state index is 13.6. The smallest absolute Gasteiger partial charge is 0.338 e. The van der Waals surface area contributed by atoms with Crippen LogP contribution < -0.4 is 4.90 Å². The normalized spacial score (nSPS) is 10.3. The van der Waals surface area contributed by atoms with Gasteiger partial charge in [0.1, 0.15) is 5.82 Å². The van der Waals surface area contributed by atoms with Crippen molar-refractivity contribution in [2.24, 2.45) is 0 Å². The van der Waals surface area contributed by atoms with Crippen LogP contribution in [0.5, 0.6) is 0 Å². The number of carboxylic acid groups (broad SMARTS) is 1. The van der Waals surface area contributed by atoms with Crippen LogP contribution in [0.4, 0.5) is 10.1 Å². The van der Waals surface area contributed by atoms with Crippen molar-refractivity contribution < 1.29 is 14.3 Å². The third-order valence-electron chi connectivity index (χ3n) is 3.11. The van der Waals surface area contributed by atoms with Gasteiger partial charge in [-0.25, -0.2) is 9.18 Å². The number of hydrogen-bond donors (Lipinski definition) is 1. The number of nitrogens with zero attached hydrogens (tertiary/aromatic N) is 2. The third kappa shape index (κ3) is 3.32. The van der Waals surface area contributed by atoms with Crippen molar-refractivity contribution in [3.8, 4) is 0 Å². The largest absolute Gasteiger partial charge is 0.478 e. The van der Waals surface area contributed by atoms with Crippen LogP contribution in [-0.2, 0) is 6.42 Å². The van der Waals surface area contributed by atoms with Crippen molar-refractivity contribution in [3.63, 3.8) is 0 Å². The van der Waals surface area contributed by atoms with Crippen LogP contribution in [0.1, 0.15) is 15.9 Å². The van der Waals surface area contributed by atoms with Gasteiger partial charge in [-0.15, -0.1) is 0 Å². The van der Waals surface area contributed by atoms with E-state index in [1.165, 1.54) is 12.1 Å². The molecule has 20 heavy (non-hydrogen) atoms. The van der Waals surface area contributed by atoms with Crippen molar-refractivity contribution in [1.29, 1.82) is 0 Å². The molecule has 5 heteroatoms. The van der Waals surface area contributed by atoms with Gasteiger partial charge in [-0.05, 0) is 42.3 Å². The van der Waals surface area contributed by atoms with Gasteiger partial charge in [-0.1, -0.05) is 0 Å². The average Bonchev–Trinajstić information content (AvgIpc) is 2.45. The van der Waals surface area contributed by atoms with E-state index in [0.717, 1.165) is 12.0 Å². The lowest BCUT2D eigenvalue weighted by atomic mass is 10.1. The molecule has 0 amide bonds. The van der Waals surface area contributed by atoms with Crippen molar-refractivity contribution >= 4 is 11.7 Å². The van der Waals surface area contributed by atoms with Gasteiger partial charge in [0.25, 0.3) is 0 Å². The lowest BCUT2D eigenvalue weighted by molar-refractivity contribution is 0.0692. The molecule has 0 bridgehead atoms. The summed E-state index contributed by atoms with van der Waals surface area (Å²) in [4.78, 5) is 16.6. The Morgan fingerprint density at radius 2 is 2.00 bits per heavy atom. The number of aromatic carboxylic acids is 1. The molecule has 1 heterocycles. The van der Waals surface area contributed by atoms with Gasteiger partial charge in [-0.2, -0.15) is 0 Å². The molecule has 0 fully saturated rings. The highest BCUT2D eigenvalue weighted by atomic mass is 19.1. The lowest BCUT2D eigenvalue weighted by Gasteiger charge is -2.19. The van der Waals surface area contributed by atoms with Crippen molar-refractivity contribution in [1.82, 2.24) is 4.98 Å². The highest BCUT2D eigenvalue weighted by Gasteiger charge is 2.11. The lowest BCUT2D eigenvalue weighted by Crippen LogP contribution is -2.20. The molecule has 1 aromatic carbocycles. The number of hydrogen-bond acceptors (Lipinski definition) is 3. The number of benzene rings is 1. The number of rotatable bonds is 5. The van der Waals surface area contributed by atoms with Crippen LogP contribution in [0.3, 0.4) is 0 Å². The summed E-state index contributed by atoms with van der Waals surface area (Å²) < 4.78 is 13.6. The molecule has 104 valence electrons. The Labute approximate surface area is 116 Å². The Morgan fingerprint density at radius 3 is 2.60 bits per heavy atom. The predicted molar refractivity (Wildman–Crippen MR) is 74.6 cm³/mol. The van der Waals surface area contributed by atoms with Gasteiger partial charge >= 0.3 is 5.97 Å². The Hall–Kier alpha value is -2.43. The van der Waals surface area contributed by atoms with Gasteiger partial charge in [0.15, 0.2) is 0 Å². The maximum Gasteiger partial charge on any atom is 0.338 e. The second kappa shape index (κ2) is 6.14. The summed E-state index contributed by atoms with van der Waals surface area (Å²) in [5.74, 6) is -1.97. The summed E-state index contributed by atoms with van der Waals surface area (Å²) in [5, 5.41) is 8.79. The summed E-state index contributed by atoms with van der Waals surface area (Å²) in [6.45, 7) is 0.704. The van der Waals surface area contributed by atoms with E-state index in [0.29, 0.717) is 12.2 Å². The van der Waals surface area contributed by atoms with E-state index in [4.69, 9.17) is 5.11 Å². The number of halogens is 1. The Morgan fingerprint density at radius 1 is 1.30 bits per heavy atom. The summed E-state index contributed by atoms with van der Waals surface area (Å²) >= 11 is 0. The number of anilines is 1. The number of pyridine rings is 1. The highest BCUT2D eigenvalue weighted by molar-refractivity contribution is 5.88. The van der Waals surface area contributed by atoms with Crippen LogP contribution in [0, 0.1) is 5.82 Å². The molecule has 0 saturated heterocycles. The molecule has 4 nitrogen and oxygen atoms in total. The topological polar surface area (TPSA) is 53.4 Å². The van der Waals surface area contributed by atoms with E-state index < -0.39 is 11.8 Å². The van der Waals surface area contributed by atoms with Gasteiger partial charge in [-0.3, -0.25) is 4.98 Å². The van der Waals surface area contributed by atoms with Crippen LogP contribution in [0.2, 0.25) is 0 Å². The molecule has 0 saturated carbocycles. The number of carbonyl (C=O) groups is 1. The second-order valence-electron chi connectivity index (χ2n) is 4.50. The molecule has 0 atom stereocenters. The third-order valence-corrected chi connectivity index (χ3v) is 3.11.